The van der Waals surface area contributed by atoms with Crippen LogP contribution in [0.2, 0.25) is 0 Å². The van der Waals surface area contributed by atoms with Crippen LogP contribution in [0.4, 0.5) is 10.5 Å². The van der Waals surface area contributed by atoms with E-state index in [1.807, 2.05) is 60.1 Å². The number of nitrogens with zero attached hydrogens (tertiary/aromatic N) is 4. The highest BCUT2D eigenvalue weighted by Crippen LogP contribution is 2.33. The second kappa shape index (κ2) is 19.3. The Hall–Kier alpha value is -3.43. The number of aliphatic hydroxyl groups is 2. The maximum Gasteiger partial charge on any atom is 0.333 e. The summed E-state index contributed by atoms with van der Waals surface area (Å²) < 4.78 is 48.1. The molecule has 4 heterocycles. The number of carbonyl (C=O) groups is 2. The normalized spacial score (nSPS) is 12.3. The average molecular weight is 875 g/mol. The van der Waals surface area contributed by atoms with E-state index in [1.54, 1.807) is 38.6 Å². The summed E-state index contributed by atoms with van der Waals surface area (Å²) in [5, 5.41) is 26.6. The molecule has 310 valence electrons. The van der Waals surface area contributed by atoms with E-state index in [0.717, 1.165) is 44.9 Å². The lowest BCUT2D eigenvalue weighted by molar-refractivity contribution is 0.0817. The van der Waals surface area contributed by atoms with E-state index in [2.05, 4.69) is 25.3 Å². The first kappa shape index (κ1) is 48.7. The number of sulfonamides is 2. The largest absolute Gasteiger partial charge is 0.385 e. The number of halogens is 1. The SMILES string of the molecule is CC(C)(O)c1cnc(S(N)(=O)=O)s1.CC(C)c1cncc(C(C)C)c1C(=O)Cl.CC(C)c1cncc(C(C)C)c1NC(=O)NS(=O)(=O)c1ncc(C(C)(C)O)s1. The zero-order valence-corrected chi connectivity index (χ0v) is 37.5. The van der Waals surface area contributed by atoms with Crippen molar-refractivity contribution in [3.63, 3.8) is 0 Å². The first-order valence-corrected chi connectivity index (χ1v) is 22.4. The van der Waals surface area contributed by atoms with Crippen LogP contribution in [0, 0.1) is 0 Å². The maximum atomic E-state index is 12.5. The summed E-state index contributed by atoms with van der Waals surface area (Å²) in [6, 6.07) is -0.880. The van der Waals surface area contributed by atoms with Crippen LogP contribution in [0.1, 0.15) is 149 Å². The van der Waals surface area contributed by atoms with Gasteiger partial charge in [-0.1, -0.05) is 55.4 Å². The number of pyridine rings is 2. The molecule has 2 amide bonds. The fraction of sp³-hybridized carbons (Fsp3) is 0.500. The summed E-state index contributed by atoms with van der Waals surface area (Å²) in [6.45, 7) is 22.2. The third-order valence-corrected chi connectivity index (χ3v) is 13.7. The molecule has 56 heavy (non-hydrogen) atoms. The fourth-order valence-corrected chi connectivity index (χ4v) is 8.61. The molecule has 4 aromatic rings. The molecular weight excluding hydrogens is 822 g/mol. The minimum absolute atomic E-state index is 0.0893. The zero-order valence-electron chi connectivity index (χ0n) is 33.5. The van der Waals surface area contributed by atoms with Crippen molar-refractivity contribution in [2.75, 3.05) is 5.32 Å². The number of hydrogen-bond donors (Lipinski definition) is 5. The van der Waals surface area contributed by atoms with Crippen molar-refractivity contribution in [3.05, 3.63) is 74.8 Å². The third-order valence-electron chi connectivity index (χ3n) is 7.81. The van der Waals surface area contributed by atoms with Gasteiger partial charge in [-0.3, -0.25) is 14.8 Å². The number of amides is 2. The molecular formula is C36H52ClN7O8S4. The fourth-order valence-electron chi connectivity index (χ4n) is 4.75. The smallest absolute Gasteiger partial charge is 0.333 e. The minimum atomic E-state index is -4.17. The molecule has 20 heteroatoms. The standard InChI is InChI=1S/C18H26N4O4S2.C12H16ClNO.C6H10N2O3S2/c1-10(2)12-7-19-8-13(11(3)4)15(12)21-16(23)22-28(25,26)17-20-9-14(27-17)18(5,6)24;1-7(2)9-5-14-6-10(8(3)4)11(9)12(13)15;1-6(2,9)4-3-8-5(12-4)13(7,10)11/h7-11,24H,1-6H3,(H2,19,21,22,23);5-8H,1-4H3;3,9H,1-2H3,(H2,7,10,11). The van der Waals surface area contributed by atoms with Crippen molar-refractivity contribution in [2.24, 2.45) is 5.14 Å². The molecule has 0 aliphatic rings. The predicted octanol–water partition coefficient (Wildman–Crippen LogP) is 7.25. The minimum Gasteiger partial charge on any atom is -0.385 e. The van der Waals surface area contributed by atoms with E-state index in [4.69, 9.17) is 16.7 Å². The highest BCUT2D eigenvalue weighted by molar-refractivity contribution is 7.92. The van der Waals surface area contributed by atoms with Crippen LogP contribution in [-0.4, -0.2) is 58.3 Å². The molecule has 0 spiro atoms. The maximum absolute atomic E-state index is 12.5. The van der Waals surface area contributed by atoms with Crippen LogP contribution in [-0.2, 0) is 31.2 Å². The lowest BCUT2D eigenvalue weighted by atomic mass is 9.92. The number of primary sulfonamides is 1. The number of carbonyl (C=O) groups excluding carboxylic acids is 2. The number of nitrogens with two attached hydrogens (primary N) is 1. The summed E-state index contributed by atoms with van der Waals surface area (Å²) in [6.07, 6.45) is 9.38. The van der Waals surface area contributed by atoms with E-state index in [9.17, 15) is 36.6 Å². The number of anilines is 1. The summed E-state index contributed by atoms with van der Waals surface area (Å²) in [4.78, 5) is 40.5. The number of hydrogen-bond acceptors (Lipinski definition) is 14. The molecule has 0 fully saturated rings. The number of rotatable bonds is 11. The molecule has 0 aliphatic heterocycles. The van der Waals surface area contributed by atoms with Crippen LogP contribution >= 0.6 is 34.3 Å². The van der Waals surface area contributed by atoms with Crippen LogP contribution in [0.25, 0.3) is 0 Å². The predicted molar refractivity (Wildman–Crippen MR) is 220 cm³/mol. The molecule has 0 atom stereocenters. The van der Waals surface area contributed by atoms with E-state index in [0.29, 0.717) is 21.0 Å². The van der Waals surface area contributed by atoms with E-state index in [1.165, 1.54) is 26.2 Å². The summed E-state index contributed by atoms with van der Waals surface area (Å²) in [5.74, 6) is 0.695. The number of urea groups is 1. The Labute approximate surface area is 342 Å². The number of aromatic nitrogens is 4. The molecule has 0 radical (unpaired) electrons. The van der Waals surface area contributed by atoms with Gasteiger partial charge in [-0.25, -0.2) is 33.0 Å². The van der Waals surface area contributed by atoms with Gasteiger partial charge in [-0.05, 0) is 85.2 Å². The Kier molecular flexibility index (Phi) is 16.8. The summed E-state index contributed by atoms with van der Waals surface area (Å²) in [7, 11) is -7.91. The van der Waals surface area contributed by atoms with Crippen LogP contribution < -0.4 is 15.2 Å². The molecule has 0 saturated heterocycles. The number of nitrogens with one attached hydrogen (secondary N) is 2. The Morgan fingerprint density at radius 1 is 0.679 bits per heavy atom. The summed E-state index contributed by atoms with van der Waals surface area (Å²) >= 11 is 7.32. The monoisotopic (exact) mass is 873 g/mol. The van der Waals surface area contributed by atoms with Crippen molar-refractivity contribution in [3.8, 4) is 0 Å². The summed E-state index contributed by atoms with van der Waals surface area (Å²) in [5.41, 5.74) is 2.39. The Bertz CT molecular complexity index is 2150. The number of thiazole rings is 2. The second-order valence-electron chi connectivity index (χ2n) is 15.0. The molecule has 4 rings (SSSR count). The van der Waals surface area contributed by atoms with Crippen LogP contribution in [0.15, 0.2) is 45.9 Å². The topological polar surface area (TPSA) is 245 Å². The molecule has 4 aromatic heterocycles. The van der Waals surface area contributed by atoms with Crippen molar-refractivity contribution in [1.82, 2.24) is 24.7 Å². The Morgan fingerprint density at radius 2 is 1.04 bits per heavy atom. The van der Waals surface area contributed by atoms with Crippen molar-refractivity contribution in [2.45, 2.75) is 127 Å². The molecule has 6 N–H and O–H groups in total. The molecule has 0 aliphatic carbocycles. The van der Waals surface area contributed by atoms with Gasteiger partial charge >= 0.3 is 6.03 Å². The van der Waals surface area contributed by atoms with Gasteiger partial charge in [0.1, 0.15) is 0 Å². The van der Waals surface area contributed by atoms with Gasteiger partial charge in [-0.2, -0.15) is 8.42 Å². The van der Waals surface area contributed by atoms with E-state index < -0.39 is 37.3 Å². The van der Waals surface area contributed by atoms with Crippen molar-refractivity contribution >= 4 is 71.3 Å². The van der Waals surface area contributed by atoms with Crippen LogP contribution in [0.3, 0.4) is 0 Å². The third kappa shape index (κ3) is 13.6. The van der Waals surface area contributed by atoms with Gasteiger partial charge < -0.3 is 15.5 Å². The average Bonchev–Trinajstić information content (AvgIpc) is 3.77. The first-order valence-electron chi connectivity index (χ1n) is 17.4. The second-order valence-corrected chi connectivity index (χ2v) is 21.0. The Balaban J connectivity index is 0.000000324. The van der Waals surface area contributed by atoms with Gasteiger partial charge in [0.2, 0.25) is 8.68 Å². The van der Waals surface area contributed by atoms with Gasteiger partial charge in [0.05, 0.1) is 26.6 Å². The highest BCUT2D eigenvalue weighted by atomic mass is 35.5. The molecule has 0 bridgehead atoms. The first-order chi connectivity index (χ1) is 25.5. The Morgan fingerprint density at radius 3 is 1.34 bits per heavy atom. The van der Waals surface area contributed by atoms with Gasteiger partial charge in [0.25, 0.3) is 25.3 Å². The highest BCUT2D eigenvalue weighted by Gasteiger charge is 2.28. The lowest BCUT2D eigenvalue weighted by Crippen LogP contribution is -2.35. The lowest BCUT2D eigenvalue weighted by Gasteiger charge is -2.19. The van der Waals surface area contributed by atoms with E-state index in [-0.39, 0.29) is 37.6 Å². The zero-order chi connectivity index (χ0) is 43.1. The van der Waals surface area contributed by atoms with Crippen molar-refractivity contribution in [1.29, 1.82) is 0 Å². The molecule has 0 aromatic carbocycles. The van der Waals surface area contributed by atoms with E-state index >= 15 is 0 Å². The molecule has 15 nitrogen and oxygen atoms in total. The van der Waals surface area contributed by atoms with Crippen LogP contribution in [0.5, 0.6) is 0 Å². The van der Waals surface area contributed by atoms with Crippen molar-refractivity contribution < 1.29 is 36.6 Å². The van der Waals surface area contributed by atoms with Gasteiger partial charge in [0, 0.05) is 42.7 Å². The molecule has 0 unspecified atom stereocenters. The van der Waals surface area contributed by atoms with Gasteiger partial charge in [-0.15, -0.1) is 22.7 Å². The van der Waals surface area contributed by atoms with Gasteiger partial charge in [0.15, 0.2) is 0 Å². The quantitative estimate of drug-likeness (QED) is 0.0936. The molecule has 0 saturated carbocycles.